The highest BCUT2D eigenvalue weighted by atomic mass is 16.5. The third-order valence-corrected chi connectivity index (χ3v) is 2.43. The maximum absolute atomic E-state index is 11.5. The molecule has 0 aliphatic carbocycles. The van der Waals surface area contributed by atoms with Gasteiger partial charge in [-0.05, 0) is 6.92 Å². The summed E-state index contributed by atoms with van der Waals surface area (Å²) in [5.41, 5.74) is 0. The molecule has 0 radical (unpaired) electrons. The van der Waals surface area contributed by atoms with Crippen LogP contribution in [0.5, 0.6) is 0 Å². The number of ether oxygens (including phenoxy) is 2. The highest BCUT2D eigenvalue weighted by molar-refractivity contribution is 5.92. The van der Waals surface area contributed by atoms with Crippen molar-refractivity contribution in [3.63, 3.8) is 0 Å². The van der Waals surface area contributed by atoms with Gasteiger partial charge in [0.1, 0.15) is 6.61 Å². The van der Waals surface area contributed by atoms with Crippen LogP contribution in [0.4, 0.5) is 0 Å². The van der Waals surface area contributed by atoms with E-state index in [2.05, 4.69) is 14.8 Å². The molecule has 0 fully saturated rings. The van der Waals surface area contributed by atoms with E-state index in [1.807, 2.05) is 0 Å². The molecule has 0 aromatic heterocycles. The van der Waals surface area contributed by atoms with Gasteiger partial charge in [0.15, 0.2) is 11.9 Å². The second kappa shape index (κ2) is 9.65. The summed E-state index contributed by atoms with van der Waals surface area (Å²) in [6, 6.07) is -0.730. The van der Waals surface area contributed by atoms with Crippen LogP contribution >= 0.6 is 0 Å². The number of rotatable bonds is 8. The zero-order valence-corrected chi connectivity index (χ0v) is 12.1. The number of amides is 1. The Morgan fingerprint density at radius 2 is 1.76 bits per heavy atom. The minimum atomic E-state index is -1.60. The molecule has 0 aliphatic heterocycles. The Morgan fingerprint density at radius 1 is 1.19 bits per heavy atom. The zero-order chi connectivity index (χ0) is 16.4. The van der Waals surface area contributed by atoms with E-state index in [-0.39, 0.29) is 12.2 Å². The predicted octanol–water partition coefficient (Wildman–Crippen LogP) is -0.896. The molecule has 1 amide bonds. The lowest BCUT2D eigenvalue weighted by Crippen LogP contribution is -2.45. The molecule has 0 saturated heterocycles. The summed E-state index contributed by atoms with van der Waals surface area (Å²) in [7, 11) is 1.14. The normalized spacial score (nSPS) is 13.3. The number of hydrogen-bond acceptors (Lipinski definition) is 7. The molecule has 2 atom stereocenters. The van der Waals surface area contributed by atoms with Crippen LogP contribution in [-0.2, 0) is 28.7 Å². The lowest BCUT2D eigenvalue weighted by atomic mass is 10.1. The number of methoxy groups -OCH3 is 1. The van der Waals surface area contributed by atoms with Crippen molar-refractivity contribution in [3.05, 3.63) is 12.2 Å². The first-order chi connectivity index (χ1) is 9.81. The molecule has 0 aromatic rings. The number of carbonyl (C=O) groups excluding carboxylic acids is 4. The molecule has 0 rings (SSSR count). The van der Waals surface area contributed by atoms with Crippen LogP contribution in [0.25, 0.3) is 0 Å². The van der Waals surface area contributed by atoms with Gasteiger partial charge >= 0.3 is 11.9 Å². The molecule has 1 unspecified atom stereocenters. The van der Waals surface area contributed by atoms with Gasteiger partial charge in [0, 0.05) is 18.6 Å². The molecule has 2 N–H and O–H groups in total. The number of aliphatic hydroxyl groups excluding tert-OH is 1. The maximum Gasteiger partial charge on any atom is 0.331 e. The number of esters is 2. The number of nitrogens with one attached hydrogen (secondary N) is 1. The summed E-state index contributed by atoms with van der Waals surface area (Å²) in [5.74, 6) is -2.66. The quantitative estimate of drug-likeness (QED) is 0.440. The van der Waals surface area contributed by atoms with Crippen LogP contribution in [0.15, 0.2) is 12.2 Å². The van der Waals surface area contributed by atoms with Crippen LogP contribution in [0.1, 0.15) is 20.3 Å². The van der Waals surface area contributed by atoms with Crippen LogP contribution in [0.2, 0.25) is 0 Å². The minimum Gasteiger partial charge on any atom is -0.466 e. The Bertz CT molecular complexity index is 430. The zero-order valence-electron chi connectivity index (χ0n) is 12.1. The third-order valence-electron chi connectivity index (χ3n) is 2.43. The number of carbonyl (C=O) groups is 4. The highest BCUT2D eigenvalue weighted by Gasteiger charge is 2.21. The summed E-state index contributed by atoms with van der Waals surface area (Å²) in [4.78, 5) is 44.6. The molecule has 8 heteroatoms. The van der Waals surface area contributed by atoms with Gasteiger partial charge in [0.05, 0.1) is 13.2 Å². The van der Waals surface area contributed by atoms with Crippen molar-refractivity contribution in [2.75, 3.05) is 13.7 Å². The van der Waals surface area contributed by atoms with Crippen molar-refractivity contribution < 1.29 is 33.8 Å². The van der Waals surface area contributed by atoms with Gasteiger partial charge in [-0.25, -0.2) is 9.59 Å². The number of Topliss-reactive ketones (excluding diaryl/α,β-unsaturated/α-hetero) is 1. The first kappa shape index (κ1) is 18.8. The molecule has 21 heavy (non-hydrogen) atoms. The second-order valence-corrected chi connectivity index (χ2v) is 4.05. The van der Waals surface area contributed by atoms with Gasteiger partial charge in [0.25, 0.3) is 5.91 Å². The van der Waals surface area contributed by atoms with Gasteiger partial charge in [0.2, 0.25) is 0 Å². The van der Waals surface area contributed by atoms with Crippen molar-refractivity contribution in [1.82, 2.24) is 5.32 Å². The van der Waals surface area contributed by atoms with Crippen LogP contribution in [0.3, 0.4) is 0 Å². The average Bonchev–Trinajstić information content (AvgIpc) is 2.48. The molecule has 0 aromatic carbocycles. The van der Waals surface area contributed by atoms with E-state index < -0.39 is 36.6 Å². The molecule has 0 heterocycles. The van der Waals surface area contributed by atoms with E-state index >= 15 is 0 Å². The topological polar surface area (TPSA) is 119 Å². The molecule has 0 bridgehead atoms. The van der Waals surface area contributed by atoms with Crippen molar-refractivity contribution in [2.45, 2.75) is 32.4 Å². The Balaban J connectivity index is 4.19. The average molecular weight is 301 g/mol. The fourth-order valence-corrected chi connectivity index (χ4v) is 1.19. The summed E-state index contributed by atoms with van der Waals surface area (Å²) >= 11 is 0. The lowest BCUT2D eigenvalue weighted by molar-refractivity contribution is -0.146. The fourth-order valence-electron chi connectivity index (χ4n) is 1.19. The van der Waals surface area contributed by atoms with E-state index in [9.17, 15) is 24.3 Å². The fraction of sp³-hybridized carbons (Fsp3) is 0.538. The smallest absolute Gasteiger partial charge is 0.331 e. The summed E-state index contributed by atoms with van der Waals surface area (Å²) in [6.07, 6.45) is 0.300. The lowest BCUT2D eigenvalue weighted by Gasteiger charge is -2.15. The second-order valence-electron chi connectivity index (χ2n) is 4.05. The van der Waals surface area contributed by atoms with Gasteiger partial charge in [-0.1, -0.05) is 6.92 Å². The van der Waals surface area contributed by atoms with E-state index in [1.165, 1.54) is 6.92 Å². The Labute approximate surface area is 122 Å². The van der Waals surface area contributed by atoms with Crippen LogP contribution in [-0.4, -0.2) is 54.6 Å². The Hall–Kier alpha value is -2.22. The maximum atomic E-state index is 11.5. The minimum absolute atomic E-state index is 0.187. The van der Waals surface area contributed by atoms with Crippen molar-refractivity contribution in [2.24, 2.45) is 0 Å². The summed E-state index contributed by atoms with van der Waals surface area (Å²) < 4.78 is 8.82. The van der Waals surface area contributed by atoms with Crippen molar-refractivity contribution in [1.29, 1.82) is 0 Å². The number of ketones is 1. The van der Waals surface area contributed by atoms with E-state index in [4.69, 9.17) is 0 Å². The van der Waals surface area contributed by atoms with Crippen molar-refractivity contribution >= 4 is 23.6 Å². The monoisotopic (exact) mass is 301 g/mol. The molecular formula is C13H19NO7. The predicted molar refractivity (Wildman–Crippen MR) is 71.0 cm³/mol. The summed E-state index contributed by atoms with van der Waals surface area (Å²) in [6.45, 7) is 2.54. The van der Waals surface area contributed by atoms with E-state index in [0.29, 0.717) is 0 Å². The molecule has 0 saturated carbocycles. The van der Waals surface area contributed by atoms with Gasteiger partial charge in [-0.3, -0.25) is 9.59 Å². The Kier molecular flexibility index (Phi) is 8.63. The highest BCUT2D eigenvalue weighted by Crippen LogP contribution is 1.94. The van der Waals surface area contributed by atoms with E-state index in [0.717, 1.165) is 19.3 Å². The van der Waals surface area contributed by atoms with Crippen molar-refractivity contribution in [3.8, 4) is 0 Å². The molecule has 0 spiro atoms. The Morgan fingerprint density at radius 3 is 2.29 bits per heavy atom. The molecule has 0 aliphatic rings. The third kappa shape index (κ3) is 7.83. The molecular weight excluding hydrogens is 282 g/mol. The SMILES string of the molecule is CCC(=O)[C@H](C)NC(=O)C(O)COC(=O)/C=C/C(=O)OC. The van der Waals surface area contributed by atoms with E-state index in [1.54, 1.807) is 6.92 Å². The number of hydrogen-bond donors (Lipinski definition) is 2. The molecule has 8 nitrogen and oxygen atoms in total. The first-order valence-corrected chi connectivity index (χ1v) is 6.25. The largest absolute Gasteiger partial charge is 0.466 e. The van der Waals surface area contributed by atoms with Gasteiger partial charge < -0.3 is 19.9 Å². The first-order valence-electron chi connectivity index (χ1n) is 6.25. The van der Waals surface area contributed by atoms with Gasteiger partial charge in [-0.15, -0.1) is 0 Å². The van der Waals surface area contributed by atoms with Gasteiger partial charge in [-0.2, -0.15) is 0 Å². The van der Waals surface area contributed by atoms with Crippen LogP contribution in [0, 0.1) is 0 Å². The molecule has 118 valence electrons. The standard InChI is InChI=1S/C13H19NO7/c1-4-9(15)8(2)14-13(19)10(16)7-21-12(18)6-5-11(17)20-3/h5-6,8,10,16H,4,7H2,1-3H3,(H,14,19)/b6-5+/t8-,10?/m0/s1. The summed E-state index contributed by atoms with van der Waals surface area (Å²) in [5, 5.41) is 11.8. The van der Waals surface area contributed by atoms with Crippen LogP contribution < -0.4 is 5.32 Å². The number of aliphatic hydroxyl groups is 1.